The van der Waals surface area contributed by atoms with Crippen molar-refractivity contribution in [3.8, 4) is 5.75 Å². The fourth-order valence-electron chi connectivity index (χ4n) is 3.30. The molecule has 3 rings (SSSR count). The Morgan fingerprint density at radius 2 is 1.71 bits per heavy atom. The third-order valence-electron chi connectivity index (χ3n) is 4.81. The Kier molecular flexibility index (Phi) is 7.80. The Morgan fingerprint density at radius 3 is 2.35 bits per heavy atom. The van der Waals surface area contributed by atoms with Crippen LogP contribution in [-0.2, 0) is 19.5 Å². The van der Waals surface area contributed by atoms with E-state index < -0.39 is 27.6 Å². The lowest BCUT2D eigenvalue weighted by Gasteiger charge is -2.26. The first-order chi connectivity index (χ1) is 16.0. The molecular weight excluding hydrogens is 462 g/mol. The number of anilines is 2. The molecule has 11 heteroatoms. The smallest absolute Gasteiger partial charge is 0.412 e. The van der Waals surface area contributed by atoms with Crippen molar-refractivity contribution in [2.45, 2.75) is 31.3 Å². The van der Waals surface area contributed by atoms with Gasteiger partial charge in [-0.2, -0.15) is 4.31 Å². The summed E-state index contributed by atoms with van der Waals surface area (Å²) in [6, 6.07) is 10.7. The summed E-state index contributed by atoms with van der Waals surface area (Å²) in [5.74, 6) is -0.250. The molecule has 2 amide bonds. The van der Waals surface area contributed by atoms with Crippen molar-refractivity contribution in [1.82, 2.24) is 4.31 Å². The first kappa shape index (κ1) is 25.5. The molecule has 1 fully saturated rings. The van der Waals surface area contributed by atoms with Crippen molar-refractivity contribution >= 4 is 33.4 Å². The maximum atomic E-state index is 13.2. The number of hydrogen-bond acceptors (Lipinski definition) is 7. The fraction of sp³-hybridized carbons (Fsp3) is 0.391. The number of ether oxygens (including phenoxy) is 3. The molecule has 184 valence electrons. The summed E-state index contributed by atoms with van der Waals surface area (Å²) in [6.07, 6.45) is -0.684. The number of carbonyl (C=O) groups excluding carboxylic acids is 2. The molecule has 0 spiro atoms. The zero-order valence-corrected chi connectivity index (χ0v) is 20.4. The molecule has 1 heterocycles. The second kappa shape index (κ2) is 10.4. The Hall–Kier alpha value is -3.15. The average molecular weight is 492 g/mol. The molecular formula is C23H29N3O7S. The molecule has 0 aromatic heterocycles. The van der Waals surface area contributed by atoms with E-state index in [0.29, 0.717) is 24.7 Å². The van der Waals surface area contributed by atoms with Crippen LogP contribution in [0.1, 0.15) is 31.1 Å². The lowest BCUT2D eigenvalue weighted by atomic mass is 10.2. The van der Waals surface area contributed by atoms with Gasteiger partial charge in [-0.1, -0.05) is 12.1 Å². The largest absolute Gasteiger partial charge is 0.495 e. The highest BCUT2D eigenvalue weighted by Gasteiger charge is 2.30. The number of nitrogens with one attached hydrogen (secondary N) is 2. The first-order valence-corrected chi connectivity index (χ1v) is 12.1. The Morgan fingerprint density at radius 1 is 1.03 bits per heavy atom. The minimum Gasteiger partial charge on any atom is -0.495 e. The minimum atomic E-state index is -3.88. The first-order valence-electron chi connectivity index (χ1n) is 10.7. The zero-order chi connectivity index (χ0) is 24.9. The van der Waals surface area contributed by atoms with Gasteiger partial charge in [0.2, 0.25) is 10.0 Å². The van der Waals surface area contributed by atoms with Gasteiger partial charge in [-0.15, -0.1) is 0 Å². The van der Waals surface area contributed by atoms with E-state index in [4.69, 9.17) is 14.2 Å². The maximum absolute atomic E-state index is 13.2. The van der Waals surface area contributed by atoms with Crippen molar-refractivity contribution in [2.24, 2.45) is 0 Å². The summed E-state index contributed by atoms with van der Waals surface area (Å²) in [6.45, 7) is 6.25. The molecule has 0 aliphatic carbocycles. The number of sulfonamides is 1. The predicted molar refractivity (Wildman–Crippen MR) is 127 cm³/mol. The number of nitrogens with zero attached hydrogens (tertiary/aromatic N) is 1. The van der Waals surface area contributed by atoms with Crippen LogP contribution in [0.25, 0.3) is 0 Å². The number of benzene rings is 2. The van der Waals surface area contributed by atoms with Crippen molar-refractivity contribution < 1.29 is 32.2 Å². The van der Waals surface area contributed by atoms with Crippen molar-refractivity contribution in [3.63, 3.8) is 0 Å². The van der Waals surface area contributed by atoms with E-state index in [9.17, 15) is 18.0 Å². The van der Waals surface area contributed by atoms with Crippen LogP contribution in [-0.4, -0.2) is 63.7 Å². The number of hydrogen-bond donors (Lipinski definition) is 2. The van der Waals surface area contributed by atoms with Gasteiger partial charge in [0.05, 0.1) is 36.5 Å². The monoisotopic (exact) mass is 491 g/mol. The van der Waals surface area contributed by atoms with E-state index >= 15 is 0 Å². The molecule has 0 radical (unpaired) electrons. The van der Waals surface area contributed by atoms with Gasteiger partial charge in [-0.05, 0) is 51.1 Å². The Balaban J connectivity index is 1.84. The molecule has 1 aliphatic heterocycles. The van der Waals surface area contributed by atoms with Gasteiger partial charge in [0, 0.05) is 18.8 Å². The van der Waals surface area contributed by atoms with Gasteiger partial charge in [-0.3, -0.25) is 10.1 Å². The lowest BCUT2D eigenvalue weighted by molar-refractivity contribution is 0.0635. The summed E-state index contributed by atoms with van der Waals surface area (Å²) in [4.78, 5) is 25.2. The van der Waals surface area contributed by atoms with Crippen molar-refractivity contribution in [3.05, 3.63) is 48.0 Å². The van der Waals surface area contributed by atoms with Crippen LogP contribution >= 0.6 is 0 Å². The van der Waals surface area contributed by atoms with E-state index in [1.54, 1.807) is 45.0 Å². The molecule has 1 aliphatic rings. The van der Waals surface area contributed by atoms with E-state index in [-0.39, 0.29) is 29.2 Å². The normalized spacial score (nSPS) is 14.8. The maximum Gasteiger partial charge on any atom is 0.412 e. The molecule has 0 atom stereocenters. The molecule has 0 bridgehead atoms. The summed E-state index contributed by atoms with van der Waals surface area (Å²) in [5.41, 5.74) is -0.0792. The highest BCUT2D eigenvalue weighted by Crippen LogP contribution is 2.29. The molecule has 34 heavy (non-hydrogen) atoms. The van der Waals surface area contributed by atoms with Crippen LogP contribution in [0.15, 0.2) is 47.4 Å². The van der Waals surface area contributed by atoms with Crippen molar-refractivity contribution in [2.75, 3.05) is 44.0 Å². The van der Waals surface area contributed by atoms with Crippen LogP contribution in [0.3, 0.4) is 0 Å². The number of amides is 2. The van der Waals surface area contributed by atoms with Gasteiger partial charge in [0.15, 0.2) is 0 Å². The fourth-order valence-corrected chi connectivity index (χ4v) is 4.90. The highest BCUT2D eigenvalue weighted by atomic mass is 32.2. The molecule has 10 nitrogen and oxygen atoms in total. The highest BCUT2D eigenvalue weighted by molar-refractivity contribution is 7.89. The second-order valence-corrected chi connectivity index (χ2v) is 10.4. The Bertz CT molecular complexity index is 1150. The zero-order valence-electron chi connectivity index (χ0n) is 19.6. The quantitative estimate of drug-likeness (QED) is 0.635. The molecule has 2 N–H and O–H groups in total. The summed E-state index contributed by atoms with van der Waals surface area (Å²) < 4.78 is 43.4. The van der Waals surface area contributed by atoms with Crippen LogP contribution in [0, 0.1) is 0 Å². The minimum absolute atomic E-state index is 0.00598. The summed E-state index contributed by atoms with van der Waals surface area (Å²) >= 11 is 0. The van der Waals surface area contributed by atoms with Gasteiger partial charge in [-0.25, -0.2) is 13.2 Å². The molecule has 0 unspecified atom stereocenters. The van der Waals surface area contributed by atoms with Crippen molar-refractivity contribution in [1.29, 1.82) is 0 Å². The molecule has 1 saturated heterocycles. The number of rotatable bonds is 6. The third kappa shape index (κ3) is 6.25. The van der Waals surface area contributed by atoms with E-state index in [0.717, 1.165) is 0 Å². The Labute approximate surface area is 199 Å². The number of morpholine rings is 1. The van der Waals surface area contributed by atoms with Gasteiger partial charge in [0.1, 0.15) is 11.4 Å². The predicted octanol–water partition coefficient (Wildman–Crippen LogP) is 3.32. The lowest BCUT2D eigenvalue weighted by Crippen LogP contribution is -2.41. The van der Waals surface area contributed by atoms with Crippen LogP contribution < -0.4 is 15.4 Å². The number of carbonyl (C=O) groups is 2. The van der Waals surface area contributed by atoms with E-state index in [1.165, 1.54) is 29.6 Å². The van der Waals surface area contributed by atoms with Crippen LogP contribution in [0.2, 0.25) is 0 Å². The average Bonchev–Trinajstić information content (AvgIpc) is 2.78. The molecule has 2 aromatic carbocycles. The van der Waals surface area contributed by atoms with Gasteiger partial charge in [0.25, 0.3) is 5.91 Å². The van der Waals surface area contributed by atoms with Crippen LogP contribution in [0.5, 0.6) is 5.75 Å². The topological polar surface area (TPSA) is 123 Å². The summed E-state index contributed by atoms with van der Waals surface area (Å²) in [5, 5.41) is 5.29. The second-order valence-electron chi connectivity index (χ2n) is 8.51. The standard InChI is InChI=1S/C23H29N3O7S/c1-23(2,3)33-22(28)25-18-15-16(9-10-19(18)31-4)24-21(27)17-7-5-6-8-20(17)34(29,30)26-11-13-32-14-12-26/h5-10,15H,11-14H2,1-4H3,(H,24,27)(H,25,28). The number of methoxy groups -OCH3 is 1. The molecule has 2 aromatic rings. The third-order valence-corrected chi connectivity index (χ3v) is 6.77. The van der Waals surface area contributed by atoms with Crippen LogP contribution in [0.4, 0.5) is 16.2 Å². The molecule has 0 saturated carbocycles. The van der Waals surface area contributed by atoms with Gasteiger partial charge < -0.3 is 19.5 Å². The SMILES string of the molecule is COc1ccc(NC(=O)c2ccccc2S(=O)(=O)N2CCOCC2)cc1NC(=O)OC(C)(C)C. The van der Waals surface area contributed by atoms with E-state index in [2.05, 4.69) is 10.6 Å². The van der Waals surface area contributed by atoms with E-state index in [1.807, 2.05) is 0 Å². The van der Waals surface area contributed by atoms with Gasteiger partial charge >= 0.3 is 6.09 Å². The summed E-state index contributed by atoms with van der Waals surface area (Å²) in [7, 11) is -2.44.